The molecule has 0 saturated heterocycles. The number of anilines is 1. The van der Waals surface area contributed by atoms with Crippen LogP contribution in [0.2, 0.25) is 0 Å². The number of halogens is 1. The average Bonchev–Trinajstić information content (AvgIpc) is 2.74. The number of benzene rings is 1. The van der Waals surface area contributed by atoms with Gasteiger partial charge in [-0.15, -0.1) is 11.3 Å². The van der Waals surface area contributed by atoms with E-state index in [-0.39, 0.29) is 5.75 Å². The lowest BCUT2D eigenvalue weighted by Crippen LogP contribution is -1.98. The molecule has 0 amide bonds. The number of rotatable bonds is 3. The molecule has 16 heavy (non-hydrogen) atoms. The second-order valence-electron chi connectivity index (χ2n) is 3.51. The lowest BCUT2D eigenvalue weighted by Gasteiger charge is -2.08. The van der Waals surface area contributed by atoms with E-state index in [2.05, 4.69) is 0 Å². The first-order chi connectivity index (χ1) is 7.66. The third-order valence-corrected chi connectivity index (χ3v) is 3.12. The molecule has 0 bridgehead atoms. The minimum Gasteiger partial charge on any atom is -0.485 e. The first-order valence-electron chi connectivity index (χ1n) is 4.87. The van der Waals surface area contributed by atoms with Gasteiger partial charge in [-0.25, -0.2) is 4.39 Å². The minimum atomic E-state index is -0.417. The molecular weight excluding hydrogens is 225 g/mol. The van der Waals surface area contributed by atoms with Crippen molar-refractivity contribution in [3.8, 4) is 5.75 Å². The van der Waals surface area contributed by atoms with Crippen molar-refractivity contribution in [2.75, 3.05) is 5.73 Å². The highest BCUT2D eigenvalue weighted by atomic mass is 32.1. The second-order valence-corrected chi connectivity index (χ2v) is 4.54. The predicted octanol–water partition coefficient (Wildman–Crippen LogP) is 3.36. The molecule has 0 fully saturated rings. The Balaban J connectivity index is 2.12. The molecule has 1 heterocycles. The van der Waals surface area contributed by atoms with Gasteiger partial charge in [0, 0.05) is 16.6 Å². The zero-order chi connectivity index (χ0) is 11.5. The molecule has 1 aromatic heterocycles. The van der Waals surface area contributed by atoms with Crippen molar-refractivity contribution in [2.45, 2.75) is 13.5 Å². The van der Waals surface area contributed by atoms with E-state index in [9.17, 15) is 4.39 Å². The summed E-state index contributed by atoms with van der Waals surface area (Å²) in [7, 11) is 0. The number of aryl methyl sites for hydroxylation is 1. The monoisotopic (exact) mass is 237 g/mol. The van der Waals surface area contributed by atoms with Crippen molar-refractivity contribution in [2.24, 2.45) is 0 Å². The summed E-state index contributed by atoms with van der Waals surface area (Å²) in [5, 5.41) is 1.96. The first kappa shape index (κ1) is 11.0. The second kappa shape index (κ2) is 4.53. The molecule has 4 heteroatoms. The van der Waals surface area contributed by atoms with Crippen LogP contribution in [0.3, 0.4) is 0 Å². The van der Waals surface area contributed by atoms with Crippen LogP contribution in [-0.2, 0) is 6.61 Å². The van der Waals surface area contributed by atoms with Gasteiger partial charge in [0.25, 0.3) is 0 Å². The number of thiophene rings is 1. The van der Waals surface area contributed by atoms with Crippen molar-refractivity contribution in [1.29, 1.82) is 0 Å². The standard InChI is InChI=1S/C12H12FNOS/c1-8-5-12(10(13)6-11(8)14)15-7-9-3-2-4-16-9/h2-6H,7,14H2,1H3. The number of hydrogen-bond donors (Lipinski definition) is 1. The van der Waals surface area contributed by atoms with Gasteiger partial charge in [0.1, 0.15) is 6.61 Å². The maximum atomic E-state index is 13.5. The van der Waals surface area contributed by atoms with Crippen molar-refractivity contribution >= 4 is 17.0 Å². The van der Waals surface area contributed by atoms with Crippen molar-refractivity contribution in [3.05, 3.63) is 45.9 Å². The van der Waals surface area contributed by atoms with Crippen LogP contribution < -0.4 is 10.5 Å². The van der Waals surface area contributed by atoms with E-state index >= 15 is 0 Å². The van der Waals surface area contributed by atoms with Crippen LogP contribution in [0.25, 0.3) is 0 Å². The van der Waals surface area contributed by atoms with Gasteiger partial charge in [-0.1, -0.05) is 6.07 Å². The molecular formula is C12H12FNOS. The summed E-state index contributed by atoms with van der Waals surface area (Å²) in [4.78, 5) is 1.06. The summed E-state index contributed by atoms with van der Waals surface area (Å²) >= 11 is 1.58. The Kier molecular flexibility index (Phi) is 3.10. The Labute approximate surface area is 97.5 Å². The van der Waals surface area contributed by atoms with Gasteiger partial charge in [-0.3, -0.25) is 0 Å². The first-order valence-corrected chi connectivity index (χ1v) is 5.75. The number of nitrogens with two attached hydrogens (primary N) is 1. The summed E-state index contributed by atoms with van der Waals surface area (Å²) in [5.41, 5.74) is 6.85. The smallest absolute Gasteiger partial charge is 0.167 e. The Bertz CT molecular complexity index is 482. The predicted molar refractivity (Wildman–Crippen MR) is 64.2 cm³/mol. The van der Waals surface area contributed by atoms with Crippen LogP contribution in [0.15, 0.2) is 29.6 Å². The Hall–Kier alpha value is -1.55. The number of ether oxygens (including phenoxy) is 1. The van der Waals surface area contributed by atoms with Gasteiger partial charge in [0.2, 0.25) is 0 Å². The summed E-state index contributed by atoms with van der Waals surface area (Å²) < 4.78 is 18.9. The van der Waals surface area contributed by atoms with Crippen LogP contribution in [0, 0.1) is 12.7 Å². The van der Waals surface area contributed by atoms with Crippen LogP contribution in [0.4, 0.5) is 10.1 Å². The van der Waals surface area contributed by atoms with Gasteiger partial charge >= 0.3 is 0 Å². The van der Waals surface area contributed by atoms with E-state index in [0.29, 0.717) is 12.3 Å². The van der Waals surface area contributed by atoms with E-state index in [1.54, 1.807) is 17.4 Å². The minimum absolute atomic E-state index is 0.250. The number of nitrogen functional groups attached to an aromatic ring is 1. The molecule has 0 radical (unpaired) electrons. The fourth-order valence-electron chi connectivity index (χ4n) is 1.32. The normalized spacial score (nSPS) is 10.4. The molecule has 0 saturated carbocycles. The third-order valence-electron chi connectivity index (χ3n) is 2.27. The Morgan fingerprint density at radius 3 is 2.94 bits per heavy atom. The van der Waals surface area contributed by atoms with Crippen molar-refractivity contribution in [3.63, 3.8) is 0 Å². The van der Waals surface area contributed by atoms with E-state index in [0.717, 1.165) is 10.4 Å². The highest BCUT2D eigenvalue weighted by Crippen LogP contribution is 2.24. The molecule has 2 nitrogen and oxygen atoms in total. The fourth-order valence-corrected chi connectivity index (χ4v) is 1.94. The zero-order valence-corrected chi connectivity index (χ0v) is 9.68. The molecule has 0 aliphatic carbocycles. The SMILES string of the molecule is Cc1cc(OCc2cccs2)c(F)cc1N. The maximum Gasteiger partial charge on any atom is 0.167 e. The molecule has 84 valence electrons. The topological polar surface area (TPSA) is 35.2 Å². The highest BCUT2D eigenvalue weighted by molar-refractivity contribution is 7.09. The van der Waals surface area contributed by atoms with E-state index in [1.165, 1.54) is 6.07 Å². The molecule has 0 atom stereocenters. The largest absolute Gasteiger partial charge is 0.485 e. The van der Waals surface area contributed by atoms with Crippen molar-refractivity contribution < 1.29 is 9.13 Å². The van der Waals surface area contributed by atoms with Crippen molar-refractivity contribution in [1.82, 2.24) is 0 Å². The zero-order valence-electron chi connectivity index (χ0n) is 8.87. The molecule has 2 N–H and O–H groups in total. The molecule has 0 aliphatic heterocycles. The molecule has 0 aliphatic rings. The molecule has 2 rings (SSSR count). The lowest BCUT2D eigenvalue weighted by molar-refractivity contribution is 0.293. The maximum absolute atomic E-state index is 13.5. The van der Waals surface area contributed by atoms with Gasteiger partial charge in [0.15, 0.2) is 11.6 Å². The fraction of sp³-hybridized carbons (Fsp3) is 0.167. The molecule has 0 unspecified atom stereocenters. The Morgan fingerprint density at radius 2 is 2.25 bits per heavy atom. The van der Waals surface area contributed by atoms with Crippen LogP contribution in [0.1, 0.15) is 10.4 Å². The summed E-state index contributed by atoms with van der Waals surface area (Å²) in [6, 6.07) is 6.80. The van der Waals surface area contributed by atoms with Crippen LogP contribution >= 0.6 is 11.3 Å². The molecule has 0 spiro atoms. The lowest BCUT2D eigenvalue weighted by atomic mass is 10.2. The van der Waals surface area contributed by atoms with Crippen LogP contribution in [-0.4, -0.2) is 0 Å². The molecule has 2 aromatic rings. The molecule has 1 aromatic carbocycles. The van der Waals surface area contributed by atoms with Gasteiger partial charge in [0.05, 0.1) is 0 Å². The third kappa shape index (κ3) is 2.33. The van der Waals surface area contributed by atoms with E-state index < -0.39 is 5.82 Å². The Morgan fingerprint density at radius 1 is 1.44 bits per heavy atom. The van der Waals surface area contributed by atoms with Crippen LogP contribution in [0.5, 0.6) is 5.75 Å². The summed E-state index contributed by atoms with van der Waals surface area (Å²) in [6.45, 7) is 2.21. The van der Waals surface area contributed by atoms with Gasteiger partial charge in [-0.05, 0) is 30.0 Å². The summed E-state index contributed by atoms with van der Waals surface area (Å²) in [5.74, 6) is -0.167. The van der Waals surface area contributed by atoms with Gasteiger partial charge < -0.3 is 10.5 Å². The number of hydrogen-bond acceptors (Lipinski definition) is 3. The average molecular weight is 237 g/mol. The highest BCUT2D eigenvalue weighted by Gasteiger charge is 2.07. The summed E-state index contributed by atoms with van der Waals surface area (Å²) in [6.07, 6.45) is 0. The van der Waals surface area contributed by atoms with E-state index in [4.69, 9.17) is 10.5 Å². The van der Waals surface area contributed by atoms with Gasteiger partial charge in [-0.2, -0.15) is 0 Å². The van der Waals surface area contributed by atoms with E-state index in [1.807, 2.05) is 24.4 Å². The quantitative estimate of drug-likeness (QED) is 0.831.